The minimum absolute atomic E-state index is 0.0272. The Morgan fingerprint density at radius 3 is 2.72 bits per heavy atom. The van der Waals surface area contributed by atoms with E-state index in [9.17, 15) is 18.0 Å². The van der Waals surface area contributed by atoms with Crippen LogP contribution in [0.25, 0.3) is 11.1 Å². The molecule has 1 aromatic heterocycles. The largest absolute Gasteiger partial charge is 0.490 e. The average molecular weight is 432 g/mol. The van der Waals surface area contributed by atoms with Crippen molar-refractivity contribution in [1.82, 2.24) is 4.98 Å². The maximum Gasteiger partial charge on any atom is 0.490 e. The lowest BCUT2D eigenvalue weighted by Gasteiger charge is -2.49. The van der Waals surface area contributed by atoms with Gasteiger partial charge in [-0.05, 0) is 44.2 Å². The molecule has 1 aromatic carbocycles. The molecule has 0 bridgehead atoms. The molecular formula is C19H21ClF3N3O3. The van der Waals surface area contributed by atoms with Crippen LogP contribution in [-0.4, -0.2) is 42.4 Å². The summed E-state index contributed by atoms with van der Waals surface area (Å²) in [6.45, 7) is 0.619. The zero-order chi connectivity index (χ0) is 20.8. The highest BCUT2D eigenvalue weighted by molar-refractivity contribution is 6.31. The first-order chi connectivity index (χ1) is 13.7. The van der Waals surface area contributed by atoms with Gasteiger partial charge < -0.3 is 19.8 Å². The first-order valence-corrected chi connectivity index (χ1v) is 9.88. The van der Waals surface area contributed by atoms with Crippen molar-refractivity contribution in [2.24, 2.45) is 11.1 Å². The Morgan fingerprint density at radius 1 is 1.31 bits per heavy atom. The molecule has 2 heterocycles. The zero-order valence-corrected chi connectivity index (χ0v) is 16.3. The van der Waals surface area contributed by atoms with E-state index < -0.39 is 23.7 Å². The number of halogens is 4. The van der Waals surface area contributed by atoms with Crippen LogP contribution in [0.15, 0.2) is 22.6 Å². The standard InChI is InChI=1S/C19H21ClF3N3O3/c20-11-1-2-13-14(9-11)28-17(25-13)26-8-7-18(5-3-12(24)4-6-18)15(10-26)29-16(27)19(21,22)23/h1-2,9,12,15H,3-8,10,24H2. The molecule has 1 spiro atoms. The average Bonchev–Trinajstić information content (AvgIpc) is 3.08. The number of rotatable bonds is 2. The lowest BCUT2D eigenvalue weighted by Crippen LogP contribution is -2.55. The number of aromatic nitrogens is 1. The molecule has 0 amide bonds. The van der Waals surface area contributed by atoms with E-state index in [1.54, 1.807) is 23.1 Å². The van der Waals surface area contributed by atoms with Crippen LogP contribution in [-0.2, 0) is 9.53 Å². The van der Waals surface area contributed by atoms with E-state index in [1.807, 2.05) is 0 Å². The molecule has 4 rings (SSSR count). The van der Waals surface area contributed by atoms with Crippen molar-refractivity contribution in [2.75, 3.05) is 18.0 Å². The number of fused-ring (bicyclic) bond motifs is 1. The molecular weight excluding hydrogens is 411 g/mol. The summed E-state index contributed by atoms with van der Waals surface area (Å²) in [4.78, 5) is 17.7. The molecule has 1 atom stereocenters. The van der Waals surface area contributed by atoms with Gasteiger partial charge in [0.15, 0.2) is 5.58 Å². The molecule has 1 aliphatic heterocycles. The predicted molar refractivity (Wildman–Crippen MR) is 101 cm³/mol. The Bertz CT molecular complexity index is 909. The van der Waals surface area contributed by atoms with E-state index in [0.29, 0.717) is 54.8 Å². The Morgan fingerprint density at radius 2 is 2.03 bits per heavy atom. The van der Waals surface area contributed by atoms with Crippen molar-refractivity contribution >= 4 is 34.7 Å². The summed E-state index contributed by atoms with van der Waals surface area (Å²) in [6, 6.07) is 5.32. The second kappa shape index (κ2) is 7.36. The fraction of sp³-hybridized carbons (Fsp3) is 0.579. The molecule has 6 nitrogen and oxygen atoms in total. The Balaban J connectivity index is 1.59. The fourth-order valence-corrected chi connectivity index (χ4v) is 4.51. The van der Waals surface area contributed by atoms with Crippen molar-refractivity contribution < 1.29 is 27.1 Å². The second-order valence-electron chi connectivity index (χ2n) is 7.90. The van der Waals surface area contributed by atoms with E-state index in [0.717, 1.165) is 0 Å². The first-order valence-electron chi connectivity index (χ1n) is 9.51. The highest BCUT2D eigenvalue weighted by atomic mass is 35.5. The van der Waals surface area contributed by atoms with Crippen molar-refractivity contribution in [3.63, 3.8) is 0 Å². The predicted octanol–water partition coefficient (Wildman–Crippen LogP) is 4.05. The monoisotopic (exact) mass is 431 g/mol. The molecule has 2 N–H and O–H groups in total. The smallest absolute Gasteiger partial charge is 0.453 e. The summed E-state index contributed by atoms with van der Waals surface area (Å²) in [6.07, 6.45) is -2.75. The summed E-state index contributed by atoms with van der Waals surface area (Å²) >= 11 is 5.97. The van der Waals surface area contributed by atoms with Crippen molar-refractivity contribution in [3.8, 4) is 0 Å². The SMILES string of the molecule is NC1CCC2(CC1)CCN(c1nc3ccc(Cl)cc3o1)CC2OC(=O)C(F)(F)F. The maximum absolute atomic E-state index is 12.9. The van der Waals surface area contributed by atoms with Crippen LogP contribution in [0.3, 0.4) is 0 Å². The van der Waals surface area contributed by atoms with Gasteiger partial charge in [0.05, 0.1) is 6.54 Å². The highest BCUT2D eigenvalue weighted by Crippen LogP contribution is 2.47. The van der Waals surface area contributed by atoms with Crippen LogP contribution >= 0.6 is 11.6 Å². The maximum atomic E-state index is 12.9. The van der Waals surface area contributed by atoms with Gasteiger partial charge in [-0.1, -0.05) is 11.6 Å². The number of hydrogen-bond donors (Lipinski definition) is 1. The van der Waals surface area contributed by atoms with Crippen LogP contribution in [0.4, 0.5) is 19.2 Å². The first kappa shape index (κ1) is 20.3. The summed E-state index contributed by atoms with van der Waals surface area (Å²) in [7, 11) is 0. The molecule has 1 saturated carbocycles. The lowest BCUT2D eigenvalue weighted by molar-refractivity contribution is -0.212. The fourth-order valence-electron chi connectivity index (χ4n) is 4.34. The number of esters is 1. The normalized spacial score (nSPS) is 28.1. The third-order valence-electron chi connectivity index (χ3n) is 6.07. The van der Waals surface area contributed by atoms with Crippen LogP contribution in [0.2, 0.25) is 5.02 Å². The van der Waals surface area contributed by atoms with Gasteiger partial charge in [0.2, 0.25) is 0 Å². The molecule has 2 fully saturated rings. The minimum atomic E-state index is -5.04. The molecule has 1 aliphatic carbocycles. The summed E-state index contributed by atoms with van der Waals surface area (Å²) in [5.74, 6) is -2.16. The third-order valence-corrected chi connectivity index (χ3v) is 6.30. The van der Waals surface area contributed by atoms with Crippen LogP contribution in [0, 0.1) is 5.41 Å². The molecule has 1 unspecified atom stereocenters. The number of piperidine rings is 1. The van der Waals surface area contributed by atoms with Gasteiger partial charge in [-0.25, -0.2) is 4.79 Å². The number of nitrogens with two attached hydrogens (primary N) is 1. The Labute approximate surface area is 170 Å². The number of hydrogen-bond acceptors (Lipinski definition) is 6. The third kappa shape index (κ3) is 4.02. The van der Waals surface area contributed by atoms with Crippen molar-refractivity contribution in [3.05, 3.63) is 23.2 Å². The lowest BCUT2D eigenvalue weighted by atomic mass is 9.65. The van der Waals surface area contributed by atoms with Gasteiger partial charge in [-0.2, -0.15) is 18.2 Å². The number of benzene rings is 1. The van der Waals surface area contributed by atoms with Gasteiger partial charge in [0, 0.05) is 29.1 Å². The van der Waals surface area contributed by atoms with E-state index in [-0.39, 0.29) is 18.6 Å². The number of ether oxygens (including phenoxy) is 1. The number of carbonyl (C=O) groups is 1. The van der Waals surface area contributed by atoms with Crippen LogP contribution in [0.5, 0.6) is 0 Å². The molecule has 29 heavy (non-hydrogen) atoms. The topological polar surface area (TPSA) is 81.6 Å². The molecule has 2 aromatic rings. The molecule has 158 valence electrons. The number of alkyl halides is 3. The van der Waals surface area contributed by atoms with Crippen molar-refractivity contribution in [2.45, 2.75) is 50.4 Å². The minimum Gasteiger partial charge on any atom is -0.453 e. The quantitative estimate of drug-likeness (QED) is 0.722. The Kier molecular flexibility index (Phi) is 5.14. The molecule has 2 aliphatic rings. The van der Waals surface area contributed by atoms with Gasteiger partial charge in [-0.15, -0.1) is 0 Å². The number of anilines is 1. The summed E-state index contributed by atoms with van der Waals surface area (Å²) in [5.41, 5.74) is 6.55. The number of nitrogens with zero attached hydrogens (tertiary/aromatic N) is 2. The zero-order valence-electron chi connectivity index (χ0n) is 15.5. The van der Waals surface area contributed by atoms with Crippen LogP contribution in [0.1, 0.15) is 32.1 Å². The highest BCUT2D eigenvalue weighted by Gasteiger charge is 2.51. The van der Waals surface area contributed by atoms with Gasteiger partial charge in [0.1, 0.15) is 11.6 Å². The molecule has 0 radical (unpaired) electrons. The van der Waals surface area contributed by atoms with E-state index in [4.69, 9.17) is 26.5 Å². The summed E-state index contributed by atoms with van der Waals surface area (Å²) in [5, 5.41) is 0.494. The van der Waals surface area contributed by atoms with E-state index >= 15 is 0 Å². The molecule has 1 saturated heterocycles. The van der Waals surface area contributed by atoms with E-state index in [1.165, 1.54) is 0 Å². The van der Waals surface area contributed by atoms with Gasteiger partial charge >= 0.3 is 12.1 Å². The Hall–Kier alpha value is -2.00. The number of oxazole rings is 1. The summed E-state index contributed by atoms with van der Waals surface area (Å²) < 4.78 is 49.3. The van der Waals surface area contributed by atoms with Crippen molar-refractivity contribution in [1.29, 1.82) is 0 Å². The second-order valence-corrected chi connectivity index (χ2v) is 8.33. The molecule has 10 heteroatoms. The van der Waals surface area contributed by atoms with E-state index in [2.05, 4.69) is 4.98 Å². The van der Waals surface area contributed by atoms with Gasteiger partial charge in [0.25, 0.3) is 6.01 Å². The number of carbonyl (C=O) groups excluding carboxylic acids is 1. The van der Waals surface area contributed by atoms with Crippen LogP contribution < -0.4 is 10.6 Å². The van der Waals surface area contributed by atoms with Gasteiger partial charge in [-0.3, -0.25) is 0 Å².